The monoisotopic (exact) mass is 296 g/mol. The zero-order valence-corrected chi connectivity index (χ0v) is 13.3. The minimum atomic E-state index is -3.47. The molecule has 2 rings (SSSR count). The van der Waals surface area contributed by atoms with Crippen LogP contribution in [0.3, 0.4) is 0 Å². The van der Waals surface area contributed by atoms with Crippen molar-refractivity contribution in [1.29, 1.82) is 0 Å². The summed E-state index contributed by atoms with van der Waals surface area (Å²) in [5, 5.41) is 0. The van der Waals surface area contributed by atoms with E-state index in [0.717, 1.165) is 30.4 Å². The van der Waals surface area contributed by atoms with Crippen molar-refractivity contribution in [2.45, 2.75) is 44.9 Å². The number of anilines is 1. The van der Waals surface area contributed by atoms with Crippen LogP contribution in [-0.4, -0.2) is 25.8 Å². The van der Waals surface area contributed by atoms with E-state index in [4.69, 9.17) is 5.73 Å². The van der Waals surface area contributed by atoms with Gasteiger partial charge < -0.3 is 5.73 Å². The molecular weight excluding hydrogens is 272 g/mol. The third-order valence-corrected chi connectivity index (χ3v) is 6.22. The van der Waals surface area contributed by atoms with E-state index < -0.39 is 10.0 Å². The van der Waals surface area contributed by atoms with E-state index >= 15 is 0 Å². The summed E-state index contributed by atoms with van der Waals surface area (Å²) in [7, 11) is -3.47. The van der Waals surface area contributed by atoms with Crippen LogP contribution >= 0.6 is 0 Å². The molecule has 1 heterocycles. The van der Waals surface area contributed by atoms with Gasteiger partial charge in [-0.3, -0.25) is 0 Å². The zero-order valence-electron chi connectivity index (χ0n) is 12.5. The zero-order chi connectivity index (χ0) is 14.9. The molecule has 5 heteroatoms. The van der Waals surface area contributed by atoms with Gasteiger partial charge in [0, 0.05) is 13.1 Å². The summed E-state index contributed by atoms with van der Waals surface area (Å²) in [5.41, 5.74) is 7.96. The van der Waals surface area contributed by atoms with Crippen LogP contribution in [0.5, 0.6) is 0 Å². The van der Waals surface area contributed by atoms with E-state index in [1.54, 1.807) is 4.31 Å². The number of benzene rings is 1. The molecule has 1 aromatic carbocycles. The second kappa shape index (κ2) is 5.74. The third-order valence-electron chi connectivity index (χ3n) is 4.15. The summed E-state index contributed by atoms with van der Waals surface area (Å²) in [4.78, 5) is 0.301. The molecule has 1 saturated heterocycles. The van der Waals surface area contributed by atoms with Gasteiger partial charge in [0.05, 0.1) is 5.69 Å². The Hall–Kier alpha value is -1.07. The molecule has 1 unspecified atom stereocenters. The number of aryl methyl sites for hydroxylation is 2. The number of rotatable bonds is 4. The molecule has 0 aliphatic carbocycles. The lowest BCUT2D eigenvalue weighted by Gasteiger charge is -2.20. The maximum Gasteiger partial charge on any atom is 0.245 e. The van der Waals surface area contributed by atoms with Gasteiger partial charge in [-0.05, 0) is 43.7 Å². The van der Waals surface area contributed by atoms with Gasteiger partial charge in [-0.1, -0.05) is 25.5 Å². The number of hydrogen-bond acceptors (Lipinski definition) is 3. The molecule has 0 amide bonds. The van der Waals surface area contributed by atoms with Crippen LogP contribution in [0, 0.1) is 19.8 Å². The number of hydrogen-bond donors (Lipinski definition) is 1. The fourth-order valence-electron chi connectivity index (χ4n) is 2.94. The summed E-state index contributed by atoms with van der Waals surface area (Å²) in [6.45, 7) is 7.03. The van der Waals surface area contributed by atoms with Crippen LogP contribution in [0.2, 0.25) is 0 Å². The van der Waals surface area contributed by atoms with Crippen LogP contribution in [-0.2, 0) is 10.0 Å². The molecule has 4 nitrogen and oxygen atoms in total. The molecule has 20 heavy (non-hydrogen) atoms. The topological polar surface area (TPSA) is 63.4 Å². The summed E-state index contributed by atoms with van der Waals surface area (Å²) >= 11 is 0. The highest BCUT2D eigenvalue weighted by Crippen LogP contribution is 2.32. The highest BCUT2D eigenvalue weighted by Gasteiger charge is 2.34. The van der Waals surface area contributed by atoms with Crippen molar-refractivity contribution in [2.24, 2.45) is 5.92 Å². The molecule has 1 aliphatic heterocycles. The fraction of sp³-hybridized carbons (Fsp3) is 0.600. The van der Waals surface area contributed by atoms with E-state index in [1.807, 2.05) is 26.0 Å². The van der Waals surface area contributed by atoms with E-state index in [1.165, 1.54) is 0 Å². The van der Waals surface area contributed by atoms with Crippen molar-refractivity contribution < 1.29 is 8.42 Å². The molecule has 2 N–H and O–H groups in total. The molecule has 112 valence electrons. The van der Waals surface area contributed by atoms with Gasteiger partial charge in [0.15, 0.2) is 0 Å². The normalized spacial score (nSPS) is 20.4. The standard InChI is InChI=1S/C15H24N2O2S/c1-4-5-13-8-9-17(10-13)20(18,19)15-12(3)7-6-11(2)14(15)16/h6-7,13H,4-5,8-10,16H2,1-3H3. The molecular formula is C15H24N2O2S. The molecule has 1 aliphatic rings. The Morgan fingerprint density at radius 1 is 1.30 bits per heavy atom. The first kappa shape index (κ1) is 15.3. The first-order valence-electron chi connectivity index (χ1n) is 7.23. The van der Waals surface area contributed by atoms with Gasteiger partial charge in [0.1, 0.15) is 4.90 Å². The van der Waals surface area contributed by atoms with Crippen molar-refractivity contribution in [3.8, 4) is 0 Å². The lowest BCUT2D eigenvalue weighted by molar-refractivity contribution is 0.444. The minimum absolute atomic E-state index is 0.301. The van der Waals surface area contributed by atoms with Crippen LogP contribution < -0.4 is 5.73 Å². The average Bonchev–Trinajstić information content (AvgIpc) is 2.84. The van der Waals surface area contributed by atoms with E-state index in [9.17, 15) is 8.42 Å². The van der Waals surface area contributed by atoms with Crippen LogP contribution in [0.15, 0.2) is 17.0 Å². The lowest BCUT2D eigenvalue weighted by Crippen LogP contribution is -2.30. The summed E-state index contributed by atoms with van der Waals surface area (Å²) < 4.78 is 27.3. The van der Waals surface area contributed by atoms with Crippen molar-refractivity contribution in [3.05, 3.63) is 23.3 Å². The Morgan fingerprint density at radius 2 is 1.95 bits per heavy atom. The maximum absolute atomic E-state index is 12.8. The van der Waals surface area contributed by atoms with Crippen molar-refractivity contribution in [3.63, 3.8) is 0 Å². The summed E-state index contributed by atoms with van der Waals surface area (Å²) in [6, 6.07) is 3.70. The number of nitrogens with zero attached hydrogens (tertiary/aromatic N) is 1. The Balaban J connectivity index is 2.35. The molecule has 1 fully saturated rings. The van der Waals surface area contributed by atoms with E-state index in [0.29, 0.717) is 29.6 Å². The largest absolute Gasteiger partial charge is 0.397 e. The Kier molecular flexibility index (Phi) is 4.39. The Morgan fingerprint density at radius 3 is 2.60 bits per heavy atom. The first-order valence-corrected chi connectivity index (χ1v) is 8.67. The molecule has 1 aromatic rings. The fourth-order valence-corrected chi connectivity index (χ4v) is 4.86. The minimum Gasteiger partial charge on any atom is -0.397 e. The van der Waals surface area contributed by atoms with Crippen molar-refractivity contribution in [1.82, 2.24) is 4.31 Å². The molecule has 0 bridgehead atoms. The van der Waals surface area contributed by atoms with Crippen LogP contribution in [0.1, 0.15) is 37.3 Å². The highest BCUT2D eigenvalue weighted by molar-refractivity contribution is 7.89. The Bertz CT molecular complexity index is 596. The molecule has 0 saturated carbocycles. The van der Waals surface area contributed by atoms with Crippen LogP contribution in [0.4, 0.5) is 5.69 Å². The second-order valence-electron chi connectivity index (χ2n) is 5.75. The van der Waals surface area contributed by atoms with Gasteiger partial charge in [0.25, 0.3) is 0 Å². The first-order chi connectivity index (χ1) is 9.37. The van der Waals surface area contributed by atoms with E-state index in [2.05, 4.69) is 6.92 Å². The van der Waals surface area contributed by atoms with Gasteiger partial charge in [-0.25, -0.2) is 8.42 Å². The quantitative estimate of drug-likeness (QED) is 0.869. The maximum atomic E-state index is 12.8. The predicted molar refractivity (Wildman–Crippen MR) is 82.1 cm³/mol. The van der Waals surface area contributed by atoms with Crippen LogP contribution in [0.25, 0.3) is 0 Å². The lowest BCUT2D eigenvalue weighted by atomic mass is 10.0. The highest BCUT2D eigenvalue weighted by atomic mass is 32.2. The second-order valence-corrected chi connectivity index (χ2v) is 7.62. The van der Waals surface area contributed by atoms with Gasteiger partial charge in [0.2, 0.25) is 10.0 Å². The van der Waals surface area contributed by atoms with Gasteiger partial charge in [-0.15, -0.1) is 0 Å². The number of nitrogens with two attached hydrogens (primary N) is 1. The third kappa shape index (κ3) is 2.69. The van der Waals surface area contributed by atoms with Crippen molar-refractivity contribution >= 4 is 15.7 Å². The summed E-state index contributed by atoms with van der Waals surface area (Å²) in [6.07, 6.45) is 3.15. The SMILES string of the molecule is CCCC1CCN(S(=O)(=O)c2c(C)ccc(C)c2N)C1. The Labute approximate surface area is 122 Å². The number of nitrogen functional groups attached to an aromatic ring is 1. The van der Waals surface area contributed by atoms with E-state index in [-0.39, 0.29) is 0 Å². The number of sulfonamides is 1. The predicted octanol–water partition coefficient (Wildman–Crippen LogP) is 2.70. The molecule has 0 aromatic heterocycles. The smallest absolute Gasteiger partial charge is 0.245 e. The summed E-state index contributed by atoms with van der Waals surface area (Å²) in [5.74, 6) is 0.487. The molecule has 0 spiro atoms. The molecule has 1 atom stereocenters. The molecule has 0 radical (unpaired) electrons. The van der Waals surface area contributed by atoms with Crippen molar-refractivity contribution in [2.75, 3.05) is 18.8 Å². The van der Waals surface area contributed by atoms with Gasteiger partial charge >= 0.3 is 0 Å². The van der Waals surface area contributed by atoms with Gasteiger partial charge in [-0.2, -0.15) is 4.31 Å². The average molecular weight is 296 g/mol.